The SMILES string of the molecule is CC/C=C\C/C=C\C/C=C\C/C=C\C/C=C\CCC(=O)OCC(COC(=O)CCCCCC/C=C\CCCC)OC(=O)CCCCCCCCC/C=C\CCCCCC. The second-order valence-corrected chi connectivity index (χ2v) is 15.6. The lowest BCUT2D eigenvalue weighted by molar-refractivity contribution is -0.166. The summed E-state index contributed by atoms with van der Waals surface area (Å²) < 4.78 is 16.6. The van der Waals surface area contributed by atoms with Crippen LogP contribution in [0, 0.1) is 0 Å². The number of esters is 3. The fourth-order valence-corrected chi connectivity index (χ4v) is 6.23. The van der Waals surface area contributed by atoms with E-state index in [1.807, 2.05) is 12.2 Å². The Bertz CT molecular complexity index is 1170. The van der Waals surface area contributed by atoms with Gasteiger partial charge in [0.15, 0.2) is 6.10 Å². The van der Waals surface area contributed by atoms with Crippen LogP contribution in [0.5, 0.6) is 0 Å². The summed E-state index contributed by atoms with van der Waals surface area (Å²) in [6.45, 7) is 6.37. The van der Waals surface area contributed by atoms with E-state index in [9.17, 15) is 14.4 Å². The molecule has 336 valence electrons. The highest BCUT2D eigenvalue weighted by molar-refractivity contribution is 5.71. The Balaban J connectivity index is 4.50. The monoisotopic (exact) mass is 821 g/mol. The van der Waals surface area contributed by atoms with Crippen molar-refractivity contribution in [2.75, 3.05) is 13.2 Å². The molecule has 0 aliphatic carbocycles. The molecule has 6 heteroatoms. The summed E-state index contributed by atoms with van der Waals surface area (Å²) in [5, 5.41) is 0. The quantitative estimate of drug-likeness (QED) is 0.0264. The maximum atomic E-state index is 12.7. The van der Waals surface area contributed by atoms with Gasteiger partial charge in [-0.25, -0.2) is 0 Å². The maximum Gasteiger partial charge on any atom is 0.306 e. The number of rotatable bonds is 42. The highest BCUT2D eigenvalue weighted by atomic mass is 16.6. The number of ether oxygens (including phenoxy) is 3. The van der Waals surface area contributed by atoms with E-state index >= 15 is 0 Å². The molecule has 1 atom stereocenters. The van der Waals surface area contributed by atoms with Crippen LogP contribution < -0.4 is 0 Å². The Morgan fingerprint density at radius 1 is 0.356 bits per heavy atom. The van der Waals surface area contributed by atoms with Crippen LogP contribution in [0.1, 0.15) is 213 Å². The van der Waals surface area contributed by atoms with Crippen LogP contribution in [-0.2, 0) is 28.6 Å². The zero-order chi connectivity index (χ0) is 43.0. The largest absolute Gasteiger partial charge is 0.462 e. The van der Waals surface area contributed by atoms with Crippen molar-refractivity contribution in [2.45, 2.75) is 219 Å². The molecule has 0 spiro atoms. The van der Waals surface area contributed by atoms with E-state index in [0.717, 1.165) is 89.9 Å². The molecule has 0 aliphatic heterocycles. The molecular weight excluding hydrogens is 733 g/mol. The van der Waals surface area contributed by atoms with Gasteiger partial charge in [-0.1, -0.05) is 183 Å². The number of carbonyl (C=O) groups excluding carboxylic acids is 3. The number of unbranched alkanes of at least 4 members (excludes halogenated alkanes) is 17. The second kappa shape index (κ2) is 47.3. The standard InChI is InChI=1S/C53H88O6/c1-4-7-10-13-16-19-22-24-26-28-29-31-34-37-40-43-46-52(55)58-49-50(48-57-51(54)45-42-39-36-33-21-18-15-12-9-6-3)59-53(56)47-44-41-38-35-32-30-27-25-23-20-17-14-11-8-5-2/h7,10,15-16,18-20,23-24,26,29,31,37,40,50H,4-6,8-9,11-14,17,21-22,25,27-28,30,32-36,38-39,41-49H2,1-3H3/b10-7-,18-15-,19-16-,23-20-,26-24-,31-29-,40-37-. The predicted molar refractivity (Wildman–Crippen MR) is 251 cm³/mol. The average molecular weight is 821 g/mol. The molecule has 0 amide bonds. The fraction of sp³-hybridized carbons (Fsp3) is 0.679. The summed E-state index contributed by atoms with van der Waals surface area (Å²) in [5.41, 5.74) is 0. The lowest BCUT2D eigenvalue weighted by Gasteiger charge is -2.18. The van der Waals surface area contributed by atoms with Crippen LogP contribution in [0.25, 0.3) is 0 Å². The minimum atomic E-state index is -0.811. The Morgan fingerprint density at radius 2 is 0.712 bits per heavy atom. The van der Waals surface area contributed by atoms with E-state index < -0.39 is 6.10 Å². The van der Waals surface area contributed by atoms with Crippen molar-refractivity contribution in [3.63, 3.8) is 0 Å². The minimum absolute atomic E-state index is 0.108. The Labute approximate surface area is 363 Å². The lowest BCUT2D eigenvalue weighted by Crippen LogP contribution is -2.30. The molecular formula is C53H88O6. The molecule has 0 aromatic rings. The van der Waals surface area contributed by atoms with Crippen molar-refractivity contribution < 1.29 is 28.6 Å². The molecule has 0 aliphatic rings. The molecule has 0 aromatic carbocycles. The predicted octanol–water partition coefficient (Wildman–Crippen LogP) is 15.6. The van der Waals surface area contributed by atoms with Crippen LogP contribution in [0.2, 0.25) is 0 Å². The molecule has 1 unspecified atom stereocenters. The van der Waals surface area contributed by atoms with Crippen LogP contribution in [0.3, 0.4) is 0 Å². The summed E-state index contributed by atoms with van der Waals surface area (Å²) in [4.78, 5) is 37.8. The number of hydrogen-bond acceptors (Lipinski definition) is 6. The van der Waals surface area contributed by atoms with Gasteiger partial charge in [-0.2, -0.15) is 0 Å². The first kappa shape index (κ1) is 55.6. The van der Waals surface area contributed by atoms with Crippen LogP contribution in [0.15, 0.2) is 85.1 Å². The molecule has 6 nitrogen and oxygen atoms in total. The average Bonchev–Trinajstić information content (AvgIpc) is 3.23. The summed E-state index contributed by atoms with van der Waals surface area (Å²) in [5.74, 6) is -1.02. The van der Waals surface area contributed by atoms with Crippen LogP contribution in [-0.4, -0.2) is 37.2 Å². The van der Waals surface area contributed by atoms with E-state index in [2.05, 4.69) is 93.7 Å². The van der Waals surface area contributed by atoms with Gasteiger partial charge < -0.3 is 14.2 Å². The molecule has 0 aromatic heterocycles. The van der Waals surface area contributed by atoms with E-state index in [-0.39, 0.29) is 37.5 Å². The highest BCUT2D eigenvalue weighted by Crippen LogP contribution is 2.13. The summed E-state index contributed by atoms with van der Waals surface area (Å²) in [6, 6.07) is 0. The van der Waals surface area contributed by atoms with Gasteiger partial charge in [0.1, 0.15) is 13.2 Å². The van der Waals surface area contributed by atoms with Gasteiger partial charge in [0.05, 0.1) is 0 Å². The van der Waals surface area contributed by atoms with Crippen LogP contribution >= 0.6 is 0 Å². The van der Waals surface area contributed by atoms with E-state index in [1.54, 1.807) is 0 Å². The number of carbonyl (C=O) groups is 3. The topological polar surface area (TPSA) is 78.9 Å². The fourth-order valence-electron chi connectivity index (χ4n) is 6.23. The van der Waals surface area contributed by atoms with Crippen molar-refractivity contribution in [1.82, 2.24) is 0 Å². The van der Waals surface area contributed by atoms with Gasteiger partial charge >= 0.3 is 17.9 Å². The lowest BCUT2D eigenvalue weighted by atomic mass is 10.1. The zero-order valence-corrected chi connectivity index (χ0v) is 38.2. The minimum Gasteiger partial charge on any atom is -0.462 e. The second-order valence-electron chi connectivity index (χ2n) is 15.6. The van der Waals surface area contributed by atoms with Gasteiger partial charge in [0.2, 0.25) is 0 Å². The van der Waals surface area contributed by atoms with Gasteiger partial charge in [-0.15, -0.1) is 0 Å². The highest BCUT2D eigenvalue weighted by Gasteiger charge is 2.19. The molecule has 0 saturated heterocycles. The molecule has 0 radical (unpaired) electrons. The number of allylic oxidation sites excluding steroid dienone is 14. The zero-order valence-electron chi connectivity index (χ0n) is 38.2. The summed E-state index contributed by atoms with van der Waals surface area (Å²) in [6.07, 6.45) is 60.1. The van der Waals surface area contributed by atoms with Gasteiger partial charge in [0, 0.05) is 19.3 Å². The van der Waals surface area contributed by atoms with Crippen molar-refractivity contribution in [2.24, 2.45) is 0 Å². The van der Waals surface area contributed by atoms with Crippen LogP contribution in [0.4, 0.5) is 0 Å². The third kappa shape index (κ3) is 45.5. The first-order valence-electron chi connectivity index (χ1n) is 24.1. The normalized spacial score (nSPS) is 12.8. The van der Waals surface area contributed by atoms with Gasteiger partial charge in [-0.3, -0.25) is 14.4 Å². The third-order valence-electron chi connectivity index (χ3n) is 9.87. The summed E-state index contributed by atoms with van der Waals surface area (Å²) in [7, 11) is 0. The maximum absolute atomic E-state index is 12.7. The van der Waals surface area contributed by atoms with E-state index in [0.29, 0.717) is 19.3 Å². The van der Waals surface area contributed by atoms with Gasteiger partial charge in [-0.05, 0) is 96.3 Å². The molecule has 0 rings (SSSR count). The van der Waals surface area contributed by atoms with Crippen molar-refractivity contribution >= 4 is 17.9 Å². The molecule has 59 heavy (non-hydrogen) atoms. The van der Waals surface area contributed by atoms with Gasteiger partial charge in [0.25, 0.3) is 0 Å². The van der Waals surface area contributed by atoms with Crippen molar-refractivity contribution in [3.8, 4) is 0 Å². The smallest absolute Gasteiger partial charge is 0.306 e. The first-order valence-corrected chi connectivity index (χ1v) is 24.1. The van der Waals surface area contributed by atoms with E-state index in [4.69, 9.17) is 14.2 Å². The molecule has 0 bridgehead atoms. The third-order valence-corrected chi connectivity index (χ3v) is 9.87. The first-order chi connectivity index (χ1) is 29.0. The molecule has 0 saturated carbocycles. The Kier molecular flexibility index (Phi) is 44.5. The summed E-state index contributed by atoms with van der Waals surface area (Å²) >= 11 is 0. The van der Waals surface area contributed by atoms with E-state index in [1.165, 1.54) is 77.0 Å². The molecule has 0 fully saturated rings. The van der Waals surface area contributed by atoms with Crippen molar-refractivity contribution in [1.29, 1.82) is 0 Å². The Hall–Kier alpha value is -3.41. The Morgan fingerprint density at radius 3 is 1.19 bits per heavy atom. The molecule has 0 N–H and O–H groups in total. The molecule has 0 heterocycles. The van der Waals surface area contributed by atoms with Crippen molar-refractivity contribution in [3.05, 3.63) is 85.1 Å². The number of hydrogen-bond donors (Lipinski definition) is 0.